The van der Waals surface area contributed by atoms with Crippen molar-refractivity contribution in [2.75, 3.05) is 12.4 Å². The van der Waals surface area contributed by atoms with Crippen molar-refractivity contribution in [2.24, 2.45) is 0 Å². The summed E-state index contributed by atoms with van der Waals surface area (Å²) >= 11 is 0. The average molecular weight is 338 g/mol. The van der Waals surface area contributed by atoms with Gasteiger partial charge in [-0.05, 0) is 39.7 Å². The summed E-state index contributed by atoms with van der Waals surface area (Å²) in [6.45, 7) is 0. The summed E-state index contributed by atoms with van der Waals surface area (Å²) in [5.41, 5.74) is 2.75. The van der Waals surface area contributed by atoms with Crippen molar-refractivity contribution in [3.8, 4) is 0 Å². The maximum Gasteiger partial charge on any atom is 0.257 e. The van der Waals surface area contributed by atoms with Crippen LogP contribution < -0.4 is 5.32 Å². The van der Waals surface area contributed by atoms with Crippen molar-refractivity contribution in [3.63, 3.8) is 0 Å². The SMILES string of the molecule is CN1C(=O)c2ccccc2NC1c1c2ccccc2cc2ccccc12. The Balaban J connectivity index is 1.82. The number of nitrogens with zero attached hydrogens (tertiary/aromatic N) is 1. The van der Waals surface area contributed by atoms with Gasteiger partial charge in [0.15, 0.2) is 0 Å². The van der Waals surface area contributed by atoms with Gasteiger partial charge in [0.1, 0.15) is 6.17 Å². The first kappa shape index (κ1) is 15.0. The fraction of sp³-hybridized carbons (Fsp3) is 0.0870. The van der Waals surface area contributed by atoms with Crippen molar-refractivity contribution in [1.29, 1.82) is 0 Å². The molecule has 0 bridgehead atoms. The van der Waals surface area contributed by atoms with Gasteiger partial charge in [0.2, 0.25) is 0 Å². The predicted octanol–water partition coefficient (Wildman–Crippen LogP) is 5.19. The van der Waals surface area contributed by atoms with E-state index < -0.39 is 0 Å². The Hall–Kier alpha value is -3.33. The van der Waals surface area contributed by atoms with E-state index in [0.717, 1.165) is 16.8 Å². The molecule has 0 spiro atoms. The van der Waals surface area contributed by atoms with Crippen molar-refractivity contribution >= 4 is 33.1 Å². The molecule has 0 saturated carbocycles. The molecule has 1 aliphatic heterocycles. The van der Waals surface area contributed by atoms with Gasteiger partial charge in [0.25, 0.3) is 5.91 Å². The largest absolute Gasteiger partial charge is 0.361 e. The number of carbonyl (C=O) groups is 1. The summed E-state index contributed by atoms with van der Waals surface area (Å²) < 4.78 is 0. The molecule has 1 amide bonds. The minimum Gasteiger partial charge on any atom is -0.361 e. The van der Waals surface area contributed by atoms with Gasteiger partial charge >= 0.3 is 0 Å². The van der Waals surface area contributed by atoms with Crippen LogP contribution in [0.3, 0.4) is 0 Å². The lowest BCUT2D eigenvalue weighted by Crippen LogP contribution is -2.40. The van der Waals surface area contributed by atoms with E-state index in [9.17, 15) is 4.79 Å². The lowest BCUT2D eigenvalue weighted by atomic mass is 9.93. The Kier molecular flexibility index (Phi) is 3.22. The Bertz CT molecular complexity index is 1110. The number of nitrogens with one attached hydrogen (secondary N) is 1. The number of amides is 1. The summed E-state index contributed by atoms with van der Waals surface area (Å²) in [5.74, 6) is 0.0429. The van der Waals surface area contributed by atoms with Crippen molar-refractivity contribution in [1.82, 2.24) is 4.90 Å². The quantitative estimate of drug-likeness (QED) is 0.484. The highest BCUT2D eigenvalue weighted by Gasteiger charge is 2.31. The summed E-state index contributed by atoms with van der Waals surface area (Å²) in [4.78, 5) is 14.8. The number of fused-ring (bicyclic) bond motifs is 3. The molecule has 1 aliphatic rings. The van der Waals surface area contributed by atoms with Gasteiger partial charge in [-0.15, -0.1) is 0 Å². The maximum absolute atomic E-state index is 13.0. The minimum atomic E-state index is -0.214. The molecule has 1 N–H and O–H groups in total. The molecule has 0 radical (unpaired) electrons. The van der Waals surface area contributed by atoms with E-state index in [1.165, 1.54) is 21.5 Å². The molecule has 0 saturated heterocycles. The monoisotopic (exact) mass is 338 g/mol. The molecule has 4 aromatic carbocycles. The molecule has 126 valence electrons. The zero-order chi connectivity index (χ0) is 17.7. The van der Waals surface area contributed by atoms with Crippen LogP contribution in [0.1, 0.15) is 22.1 Å². The predicted molar refractivity (Wildman–Crippen MR) is 106 cm³/mol. The van der Waals surface area contributed by atoms with Crippen molar-refractivity contribution in [3.05, 3.63) is 90.0 Å². The van der Waals surface area contributed by atoms with Crippen LogP contribution in [0.15, 0.2) is 78.9 Å². The van der Waals surface area contributed by atoms with Crippen LogP contribution in [0.25, 0.3) is 21.5 Å². The summed E-state index contributed by atoms with van der Waals surface area (Å²) in [5, 5.41) is 8.29. The van der Waals surface area contributed by atoms with Crippen LogP contribution in [0.2, 0.25) is 0 Å². The highest BCUT2D eigenvalue weighted by Crippen LogP contribution is 2.39. The summed E-state index contributed by atoms with van der Waals surface area (Å²) in [7, 11) is 1.87. The third kappa shape index (κ3) is 2.10. The average Bonchev–Trinajstić information content (AvgIpc) is 2.69. The van der Waals surface area contributed by atoms with Gasteiger partial charge in [0.05, 0.1) is 5.56 Å². The second-order valence-corrected chi connectivity index (χ2v) is 6.74. The number of anilines is 1. The molecular formula is C23H18N2O. The van der Waals surface area contributed by atoms with E-state index in [2.05, 4.69) is 59.9 Å². The fourth-order valence-electron chi connectivity index (χ4n) is 3.96. The van der Waals surface area contributed by atoms with Gasteiger partial charge in [-0.2, -0.15) is 0 Å². The van der Waals surface area contributed by atoms with E-state index in [1.54, 1.807) is 4.90 Å². The van der Waals surface area contributed by atoms with E-state index in [4.69, 9.17) is 0 Å². The zero-order valence-electron chi connectivity index (χ0n) is 14.4. The minimum absolute atomic E-state index is 0.0429. The molecule has 5 rings (SSSR count). The lowest BCUT2D eigenvalue weighted by Gasteiger charge is -2.36. The number of para-hydroxylation sites is 1. The molecule has 0 aromatic heterocycles. The standard InChI is InChI=1S/C23H18N2O/c1-25-22(24-20-13-7-6-12-19(20)23(25)26)21-17-10-4-2-8-15(17)14-16-9-3-5-11-18(16)21/h2-14,22,24H,1H3. The Morgan fingerprint density at radius 2 is 1.38 bits per heavy atom. The molecule has 1 unspecified atom stereocenters. The fourth-order valence-corrected chi connectivity index (χ4v) is 3.96. The van der Waals surface area contributed by atoms with Gasteiger partial charge in [0, 0.05) is 18.3 Å². The van der Waals surface area contributed by atoms with Gasteiger partial charge in [-0.3, -0.25) is 4.79 Å². The van der Waals surface area contributed by atoms with Crippen LogP contribution in [0.5, 0.6) is 0 Å². The highest BCUT2D eigenvalue weighted by molar-refractivity contribution is 6.06. The molecular weight excluding hydrogens is 320 g/mol. The molecule has 0 aliphatic carbocycles. The highest BCUT2D eigenvalue weighted by atomic mass is 16.2. The van der Waals surface area contributed by atoms with Gasteiger partial charge in [-0.1, -0.05) is 60.7 Å². The van der Waals surface area contributed by atoms with Crippen LogP contribution in [-0.4, -0.2) is 17.9 Å². The van der Waals surface area contributed by atoms with Crippen molar-refractivity contribution < 1.29 is 4.79 Å². The van der Waals surface area contributed by atoms with Crippen LogP contribution in [0, 0.1) is 0 Å². The summed E-state index contributed by atoms with van der Waals surface area (Å²) in [6, 6.07) is 26.7. The third-order valence-electron chi connectivity index (χ3n) is 5.24. The van der Waals surface area contributed by atoms with E-state index >= 15 is 0 Å². The smallest absolute Gasteiger partial charge is 0.257 e. The first-order valence-corrected chi connectivity index (χ1v) is 8.77. The third-order valence-corrected chi connectivity index (χ3v) is 5.24. The first-order valence-electron chi connectivity index (χ1n) is 8.77. The molecule has 1 heterocycles. The Morgan fingerprint density at radius 3 is 2.08 bits per heavy atom. The molecule has 1 atom stereocenters. The first-order chi connectivity index (χ1) is 12.7. The van der Waals surface area contributed by atoms with E-state index in [1.807, 2.05) is 31.3 Å². The number of hydrogen-bond donors (Lipinski definition) is 1. The number of rotatable bonds is 1. The van der Waals surface area contributed by atoms with Gasteiger partial charge < -0.3 is 10.2 Å². The zero-order valence-corrected chi connectivity index (χ0v) is 14.4. The van der Waals surface area contributed by atoms with E-state index in [0.29, 0.717) is 0 Å². The number of benzene rings is 4. The molecule has 4 aromatic rings. The molecule has 26 heavy (non-hydrogen) atoms. The topological polar surface area (TPSA) is 32.3 Å². The van der Waals surface area contributed by atoms with Crippen molar-refractivity contribution in [2.45, 2.75) is 6.17 Å². The Labute approximate surface area is 151 Å². The second-order valence-electron chi connectivity index (χ2n) is 6.74. The normalized spacial score (nSPS) is 16.6. The lowest BCUT2D eigenvalue weighted by molar-refractivity contribution is 0.0737. The number of carbonyl (C=O) groups excluding carboxylic acids is 1. The van der Waals surface area contributed by atoms with Gasteiger partial charge in [-0.25, -0.2) is 0 Å². The molecule has 3 nitrogen and oxygen atoms in total. The molecule has 3 heteroatoms. The van der Waals surface area contributed by atoms with Crippen LogP contribution in [-0.2, 0) is 0 Å². The van der Waals surface area contributed by atoms with Crippen LogP contribution in [0.4, 0.5) is 5.69 Å². The van der Waals surface area contributed by atoms with Crippen LogP contribution >= 0.6 is 0 Å². The number of hydrogen-bond acceptors (Lipinski definition) is 2. The van der Waals surface area contributed by atoms with E-state index in [-0.39, 0.29) is 12.1 Å². The Morgan fingerprint density at radius 1 is 0.808 bits per heavy atom. The second kappa shape index (κ2) is 5.60. The maximum atomic E-state index is 13.0. The summed E-state index contributed by atoms with van der Waals surface area (Å²) in [6.07, 6.45) is -0.214. The molecule has 0 fully saturated rings.